The van der Waals surface area contributed by atoms with E-state index in [0.29, 0.717) is 25.0 Å². The van der Waals surface area contributed by atoms with Crippen molar-refractivity contribution in [3.05, 3.63) is 29.6 Å². The summed E-state index contributed by atoms with van der Waals surface area (Å²) in [7, 11) is -4.50. The number of nitrogens with zero attached hydrogens (tertiary/aromatic N) is 1. The molecule has 0 radical (unpaired) electrons. The first kappa shape index (κ1) is 19.9. The first-order valence-corrected chi connectivity index (χ1v) is 8.53. The van der Waals surface area contributed by atoms with E-state index in [1.54, 1.807) is 13.8 Å². The molecule has 0 bridgehead atoms. The van der Waals surface area contributed by atoms with Crippen molar-refractivity contribution in [3.63, 3.8) is 0 Å². The highest BCUT2D eigenvalue weighted by Crippen LogP contribution is 2.33. The Morgan fingerprint density at radius 2 is 1.78 bits per heavy atom. The van der Waals surface area contributed by atoms with Crippen molar-refractivity contribution in [3.8, 4) is 0 Å². The third-order valence-electron chi connectivity index (χ3n) is 3.52. The fourth-order valence-electron chi connectivity index (χ4n) is 2.30. The zero-order chi connectivity index (χ0) is 17.8. The van der Waals surface area contributed by atoms with Gasteiger partial charge in [0, 0.05) is 12.6 Å². The third kappa shape index (κ3) is 4.42. The minimum Gasteiger partial charge on any atom is -0.395 e. The van der Waals surface area contributed by atoms with Gasteiger partial charge in [-0.05, 0) is 31.0 Å². The summed E-state index contributed by atoms with van der Waals surface area (Å²) in [5.41, 5.74) is -1.24. The summed E-state index contributed by atoms with van der Waals surface area (Å²) in [6, 6.07) is 0.722. The van der Waals surface area contributed by atoms with E-state index in [2.05, 4.69) is 0 Å². The van der Waals surface area contributed by atoms with Gasteiger partial charge in [-0.15, -0.1) is 0 Å². The van der Waals surface area contributed by atoms with Gasteiger partial charge in [0.25, 0.3) is 0 Å². The van der Waals surface area contributed by atoms with Crippen molar-refractivity contribution >= 4 is 10.0 Å². The van der Waals surface area contributed by atoms with E-state index in [4.69, 9.17) is 5.11 Å². The molecule has 0 aliphatic rings. The van der Waals surface area contributed by atoms with Gasteiger partial charge in [0.2, 0.25) is 10.0 Å². The summed E-state index contributed by atoms with van der Waals surface area (Å²) in [6.07, 6.45) is -4.01. The lowest BCUT2D eigenvalue weighted by molar-refractivity contribution is -0.137. The van der Waals surface area contributed by atoms with Gasteiger partial charge in [-0.2, -0.15) is 17.5 Å². The number of sulfonamides is 1. The minimum atomic E-state index is -4.78. The molecule has 0 unspecified atom stereocenters. The van der Waals surface area contributed by atoms with Crippen LogP contribution in [0.2, 0.25) is 0 Å². The maximum absolute atomic E-state index is 13.9. The topological polar surface area (TPSA) is 57.6 Å². The molecule has 4 nitrogen and oxygen atoms in total. The highest BCUT2D eigenvalue weighted by atomic mass is 32.2. The molecule has 1 rings (SSSR count). The molecule has 0 saturated heterocycles. The fourth-order valence-corrected chi connectivity index (χ4v) is 4.15. The van der Waals surface area contributed by atoms with Gasteiger partial charge in [0.05, 0.1) is 12.2 Å². The Labute approximate surface area is 132 Å². The van der Waals surface area contributed by atoms with Gasteiger partial charge >= 0.3 is 6.18 Å². The summed E-state index contributed by atoms with van der Waals surface area (Å²) in [6.45, 7) is 2.58. The summed E-state index contributed by atoms with van der Waals surface area (Å²) in [5.74, 6) is -1.26. The molecule has 0 aliphatic heterocycles. The van der Waals surface area contributed by atoms with Gasteiger partial charge < -0.3 is 5.11 Å². The van der Waals surface area contributed by atoms with Crippen LogP contribution >= 0.6 is 0 Å². The predicted molar refractivity (Wildman–Crippen MR) is 76.7 cm³/mol. The van der Waals surface area contributed by atoms with E-state index in [0.717, 1.165) is 4.31 Å². The Morgan fingerprint density at radius 1 is 1.22 bits per heavy atom. The van der Waals surface area contributed by atoms with Gasteiger partial charge in [-0.1, -0.05) is 13.8 Å². The lowest BCUT2D eigenvalue weighted by Crippen LogP contribution is -2.41. The van der Waals surface area contributed by atoms with Crippen LogP contribution in [-0.2, 0) is 16.2 Å². The summed E-state index contributed by atoms with van der Waals surface area (Å²) >= 11 is 0. The molecule has 0 aliphatic carbocycles. The number of aliphatic hydroxyl groups excluding tert-OH is 1. The molecule has 9 heteroatoms. The Balaban J connectivity index is 3.45. The molecule has 1 N–H and O–H groups in total. The first-order valence-electron chi connectivity index (χ1n) is 7.09. The maximum atomic E-state index is 13.9. The van der Waals surface area contributed by atoms with Crippen LogP contribution in [0.5, 0.6) is 0 Å². The fraction of sp³-hybridized carbons (Fsp3) is 0.571. The standard InChI is InChI=1S/C14H19F4NO3S/c1-3-11(4-2)19(7-8-20)23(21,22)13-9-10(14(16,17)18)5-6-12(13)15/h5-6,9,11,20H,3-4,7-8H2,1-2H3. The maximum Gasteiger partial charge on any atom is 0.416 e. The zero-order valence-electron chi connectivity index (χ0n) is 12.8. The Morgan fingerprint density at radius 3 is 2.22 bits per heavy atom. The van der Waals surface area contributed by atoms with E-state index >= 15 is 0 Å². The highest BCUT2D eigenvalue weighted by molar-refractivity contribution is 7.89. The van der Waals surface area contributed by atoms with Crippen molar-refractivity contribution in [2.24, 2.45) is 0 Å². The second-order valence-corrected chi connectivity index (χ2v) is 6.81. The molecule has 1 aromatic rings. The van der Waals surface area contributed by atoms with Crippen molar-refractivity contribution in [1.82, 2.24) is 4.31 Å². The van der Waals surface area contributed by atoms with Gasteiger partial charge in [-0.3, -0.25) is 0 Å². The molecule has 0 atom stereocenters. The quantitative estimate of drug-likeness (QED) is 0.763. The largest absolute Gasteiger partial charge is 0.416 e. The summed E-state index contributed by atoms with van der Waals surface area (Å²) in [5, 5.41) is 9.06. The molecule has 1 aromatic carbocycles. The first-order chi connectivity index (χ1) is 10.6. The van der Waals surface area contributed by atoms with Crippen LogP contribution in [0.4, 0.5) is 17.6 Å². The Hall–Kier alpha value is -1.19. The van der Waals surface area contributed by atoms with E-state index in [-0.39, 0.29) is 12.6 Å². The van der Waals surface area contributed by atoms with Crippen LogP contribution in [0.3, 0.4) is 0 Å². The zero-order valence-corrected chi connectivity index (χ0v) is 13.6. The molecule has 0 fully saturated rings. The van der Waals surface area contributed by atoms with Crippen molar-refractivity contribution < 1.29 is 31.1 Å². The monoisotopic (exact) mass is 357 g/mol. The Bertz CT molecular complexity index is 627. The van der Waals surface area contributed by atoms with E-state index in [9.17, 15) is 26.0 Å². The number of halogens is 4. The minimum absolute atomic E-state index is 0.289. The molecule has 0 aromatic heterocycles. The summed E-state index contributed by atoms with van der Waals surface area (Å²) < 4.78 is 78.2. The Kier molecular flexibility index (Phi) is 6.55. The molecule has 0 spiro atoms. The van der Waals surface area contributed by atoms with Crippen LogP contribution in [0, 0.1) is 5.82 Å². The summed E-state index contributed by atoms with van der Waals surface area (Å²) in [4.78, 5) is -1.03. The number of alkyl halides is 3. The molecular formula is C14H19F4NO3S. The molecular weight excluding hydrogens is 338 g/mol. The van der Waals surface area contributed by atoms with Gasteiger partial charge in [-0.25, -0.2) is 12.8 Å². The van der Waals surface area contributed by atoms with Crippen LogP contribution in [-0.4, -0.2) is 37.0 Å². The van der Waals surface area contributed by atoms with Crippen LogP contribution in [0.15, 0.2) is 23.1 Å². The van der Waals surface area contributed by atoms with Gasteiger partial charge in [0.1, 0.15) is 10.7 Å². The number of benzene rings is 1. The van der Waals surface area contributed by atoms with Crippen LogP contribution < -0.4 is 0 Å². The number of rotatable bonds is 7. The predicted octanol–water partition coefficient (Wildman–Crippen LogP) is 3.02. The number of aliphatic hydroxyl groups is 1. The van der Waals surface area contributed by atoms with E-state index < -0.39 is 45.1 Å². The average molecular weight is 357 g/mol. The van der Waals surface area contributed by atoms with Crippen LogP contribution in [0.1, 0.15) is 32.3 Å². The molecule has 0 saturated carbocycles. The SMILES string of the molecule is CCC(CC)N(CCO)S(=O)(=O)c1cc(C(F)(F)F)ccc1F. The smallest absolute Gasteiger partial charge is 0.395 e. The number of hydrogen-bond acceptors (Lipinski definition) is 3. The third-order valence-corrected chi connectivity index (χ3v) is 5.48. The van der Waals surface area contributed by atoms with Crippen LogP contribution in [0.25, 0.3) is 0 Å². The van der Waals surface area contributed by atoms with Gasteiger partial charge in [0.15, 0.2) is 0 Å². The average Bonchev–Trinajstić information content (AvgIpc) is 2.46. The second kappa shape index (κ2) is 7.59. The van der Waals surface area contributed by atoms with E-state index in [1.165, 1.54) is 0 Å². The number of hydrogen-bond donors (Lipinski definition) is 1. The van der Waals surface area contributed by atoms with E-state index in [1.807, 2.05) is 0 Å². The molecule has 23 heavy (non-hydrogen) atoms. The molecule has 0 heterocycles. The van der Waals surface area contributed by atoms with Crippen molar-refractivity contribution in [2.75, 3.05) is 13.2 Å². The highest BCUT2D eigenvalue weighted by Gasteiger charge is 2.36. The lowest BCUT2D eigenvalue weighted by atomic mass is 10.2. The van der Waals surface area contributed by atoms with Crippen molar-refractivity contribution in [2.45, 2.75) is 43.8 Å². The second-order valence-electron chi connectivity index (χ2n) is 4.95. The van der Waals surface area contributed by atoms with Crippen molar-refractivity contribution in [1.29, 1.82) is 0 Å². The lowest BCUT2D eigenvalue weighted by Gasteiger charge is -2.29. The molecule has 132 valence electrons. The normalized spacial score (nSPS) is 13.1. The molecule has 0 amide bonds.